The number of H-pyrrole nitrogens is 1. The van der Waals surface area contributed by atoms with E-state index in [4.69, 9.17) is 4.98 Å². The van der Waals surface area contributed by atoms with Crippen LogP contribution < -0.4 is 16.0 Å². The molecular weight excluding hydrogens is 758 g/mol. The van der Waals surface area contributed by atoms with Gasteiger partial charge in [0, 0.05) is 94.1 Å². The van der Waals surface area contributed by atoms with Crippen molar-refractivity contribution in [1.29, 1.82) is 0 Å². The second-order valence-corrected chi connectivity index (χ2v) is 17.2. The molecule has 4 amide bonds. The maximum atomic E-state index is 15.6. The van der Waals surface area contributed by atoms with Gasteiger partial charge in [0.1, 0.15) is 11.9 Å². The molecule has 2 saturated heterocycles. The van der Waals surface area contributed by atoms with E-state index in [9.17, 15) is 24.3 Å². The summed E-state index contributed by atoms with van der Waals surface area (Å²) in [5, 5.41) is 25.9. The molecule has 16 nitrogen and oxygen atoms in total. The number of aromatic nitrogens is 5. The fourth-order valence-corrected chi connectivity index (χ4v) is 7.88. The third kappa shape index (κ3) is 10.1. The number of fused-ring (bicyclic) bond motifs is 1. The molecule has 4 aromatic rings. The first-order valence-electron chi connectivity index (χ1n) is 20.7. The zero-order valence-electron chi connectivity index (χ0n) is 34.3. The van der Waals surface area contributed by atoms with E-state index in [0.29, 0.717) is 75.9 Å². The van der Waals surface area contributed by atoms with E-state index in [2.05, 4.69) is 36.0 Å². The molecule has 3 fully saturated rings. The molecule has 1 saturated carbocycles. The minimum Gasteiger partial charge on any atom is -0.391 e. The second-order valence-electron chi connectivity index (χ2n) is 17.2. The van der Waals surface area contributed by atoms with E-state index in [0.717, 1.165) is 29.8 Å². The lowest BCUT2D eigenvalue weighted by atomic mass is 9.85. The van der Waals surface area contributed by atoms with Crippen LogP contribution in [-0.4, -0.2) is 132 Å². The summed E-state index contributed by atoms with van der Waals surface area (Å²) in [7, 11) is 0. The number of β-amino-alcohol motifs (C(OH)–C–C–N with tert-alkyl or cyclic N) is 1. The number of anilines is 2. The van der Waals surface area contributed by atoms with Crippen LogP contribution in [0, 0.1) is 11.2 Å². The fraction of sp³-hybridized carbons (Fsp3) is 0.548. The molecule has 0 unspecified atom stereocenters. The number of nitrogens with one attached hydrogen (secondary N) is 4. The number of piperazine rings is 1. The number of aliphatic hydroxyl groups excluding tert-OH is 1. The molecule has 59 heavy (non-hydrogen) atoms. The number of imidazole rings is 1. The number of amides is 4. The predicted octanol–water partition coefficient (Wildman–Crippen LogP) is 3.83. The molecule has 2 aliphatic heterocycles. The average Bonchev–Trinajstić information content (AvgIpc) is 3.55. The lowest BCUT2D eigenvalue weighted by Gasteiger charge is -2.35. The maximum Gasteiger partial charge on any atom is 0.254 e. The highest BCUT2D eigenvalue weighted by molar-refractivity contribution is 5.95. The molecule has 5 heterocycles. The average molecular weight is 814 g/mol. The first kappa shape index (κ1) is 41.7. The number of benzene rings is 1. The Morgan fingerprint density at radius 2 is 1.78 bits per heavy atom. The zero-order chi connectivity index (χ0) is 41.8. The smallest absolute Gasteiger partial charge is 0.254 e. The molecule has 3 aliphatic rings. The first-order chi connectivity index (χ1) is 28.2. The van der Waals surface area contributed by atoms with Gasteiger partial charge >= 0.3 is 0 Å². The minimum atomic E-state index is -0.708. The van der Waals surface area contributed by atoms with Crippen molar-refractivity contribution in [3.8, 4) is 11.3 Å². The van der Waals surface area contributed by atoms with E-state index in [1.54, 1.807) is 40.5 Å². The Balaban J connectivity index is 0.818. The van der Waals surface area contributed by atoms with Gasteiger partial charge in [-0.2, -0.15) is 5.10 Å². The quantitative estimate of drug-likeness (QED) is 0.110. The molecule has 1 aliphatic carbocycles. The summed E-state index contributed by atoms with van der Waals surface area (Å²) in [6, 6.07) is 3.65. The van der Waals surface area contributed by atoms with Crippen LogP contribution >= 0.6 is 0 Å². The zero-order valence-corrected chi connectivity index (χ0v) is 34.3. The summed E-state index contributed by atoms with van der Waals surface area (Å²) < 4.78 is 17.5. The molecular formula is C42H56FN11O5. The van der Waals surface area contributed by atoms with Crippen molar-refractivity contribution >= 4 is 40.8 Å². The van der Waals surface area contributed by atoms with E-state index < -0.39 is 23.4 Å². The molecule has 17 heteroatoms. The monoisotopic (exact) mass is 813 g/mol. The first-order valence-corrected chi connectivity index (χ1v) is 20.7. The SMILES string of the molecule is C[C@@H]1C[C@@H](O)CN1C(=O)[C@@H](NC(=O)CCCCC(=O)NCCN1CCN(C(=O)c2ccc(Nc3nc(C4CC4)cn4c(-c5cn[nH]c5)cnc34)c(F)c2)CC1)C(C)(C)C. The highest BCUT2D eigenvalue weighted by atomic mass is 19.1. The molecule has 5 N–H and O–H groups in total. The largest absolute Gasteiger partial charge is 0.391 e. The number of unbranched alkanes of at least 4 members (excludes halogenated alkanes) is 1. The van der Waals surface area contributed by atoms with Crippen LogP contribution in [0.3, 0.4) is 0 Å². The summed E-state index contributed by atoms with van der Waals surface area (Å²) in [5.41, 5.74) is 3.13. The molecule has 1 aromatic carbocycles. The molecule has 3 atom stereocenters. The van der Waals surface area contributed by atoms with E-state index in [-0.39, 0.29) is 60.3 Å². The second kappa shape index (κ2) is 17.8. The van der Waals surface area contributed by atoms with Gasteiger partial charge in [0.2, 0.25) is 17.7 Å². The van der Waals surface area contributed by atoms with E-state index in [1.807, 2.05) is 38.3 Å². The summed E-state index contributed by atoms with van der Waals surface area (Å²) in [6.07, 6.45) is 10.8. The number of likely N-dealkylation sites (tertiary alicyclic amines) is 1. The number of aromatic amines is 1. The summed E-state index contributed by atoms with van der Waals surface area (Å²) in [4.78, 5) is 66.9. The third-order valence-corrected chi connectivity index (χ3v) is 11.5. The lowest BCUT2D eigenvalue weighted by molar-refractivity contribution is -0.140. The number of nitrogens with zero attached hydrogens (tertiary/aromatic N) is 7. The number of carbonyl (C=O) groups excluding carboxylic acids is 4. The number of aliphatic hydroxyl groups is 1. The fourth-order valence-electron chi connectivity index (χ4n) is 7.88. The normalized spacial score (nSPS) is 19.2. The molecule has 3 aromatic heterocycles. The number of hydrogen-bond donors (Lipinski definition) is 5. The van der Waals surface area contributed by atoms with Crippen molar-refractivity contribution in [3.63, 3.8) is 0 Å². The van der Waals surface area contributed by atoms with Crippen LogP contribution in [0.4, 0.5) is 15.9 Å². The lowest BCUT2D eigenvalue weighted by Crippen LogP contribution is -2.55. The molecule has 7 rings (SSSR count). The van der Waals surface area contributed by atoms with Gasteiger partial charge in [0.25, 0.3) is 5.91 Å². The van der Waals surface area contributed by atoms with Gasteiger partial charge in [0.15, 0.2) is 11.5 Å². The van der Waals surface area contributed by atoms with Crippen LogP contribution in [-0.2, 0) is 14.4 Å². The predicted molar refractivity (Wildman–Crippen MR) is 219 cm³/mol. The Labute approximate surface area is 343 Å². The molecule has 316 valence electrons. The highest BCUT2D eigenvalue weighted by Crippen LogP contribution is 2.40. The van der Waals surface area contributed by atoms with Crippen LogP contribution in [0.25, 0.3) is 16.9 Å². The number of hydrogen-bond acceptors (Lipinski definition) is 10. The van der Waals surface area contributed by atoms with Crippen LogP contribution in [0.15, 0.2) is 43.0 Å². The Hall–Kier alpha value is -5.42. The van der Waals surface area contributed by atoms with Crippen LogP contribution in [0.1, 0.15) is 94.6 Å². The number of carbonyl (C=O) groups is 4. The third-order valence-electron chi connectivity index (χ3n) is 11.5. The highest BCUT2D eigenvalue weighted by Gasteiger charge is 2.40. The molecule has 0 bridgehead atoms. The Kier molecular flexibility index (Phi) is 12.6. The van der Waals surface area contributed by atoms with Crippen molar-refractivity contribution in [2.24, 2.45) is 5.41 Å². The van der Waals surface area contributed by atoms with Gasteiger partial charge in [-0.25, -0.2) is 14.4 Å². The van der Waals surface area contributed by atoms with Gasteiger partial charge in [-0.1, -0.05) is 20.8 Å². The minimum absolute atomic E-state index is 0.0869. The van der Waals surface area contributed by atoms with Crippen molar-refractivity contribution in [2.45, 2.75) is 96.7 Å². The summed E-state index contributed by atoms with van der Waals surface area (Å²) >= 11 is 0. The summed E-state index contributed by atoms with van der Waals surface area (Å²) in [5.74, 6) is -0.535. The Bertz CT molecular complexity index is 2140. The van der Waals surface area contributed by atoms with Gasteiger partial charge < -0.3 is 30.9 Å². The van der Waals surface area contributed by atoms with Crippen LogP contribution in [0.5, 0.6) is 0 Å². The van der Waals surface area contributed by atoms with Gasteiger partial charge in [-0.15, -0.1) is 0 Å². The van der Waals surface area contributed by atoms with Gasteiger partial charge in [0.05, 0.1) is 35.6 Å². The number of rotatable bonds is 15. The van der Waals surface area contributed by atoms with Crippen molar-refractivity contribution in [2.75, 3.05) is 51.1 Å². The molecule has 0 spiro atoms. The van der Waals surface area contributed by atoms with E-state index >= 15 is 4.39 Å². The summed E-state index contributed by atoms with van der Waals surface area (Å²) in [6.45, 7) is 11.2. The van der Waals surface area contributed by atoms with Gasteiger partial charge in [-0.05, 0) is 62.6 Å². The Morgan fingerprint density at radius 1 is 1.03 bits per heavy atom. The number of halogens is 1. The van der Waals surface area contributed by atoms with Crippen molar-refractivity contribution < 1.29 is 28.7 Å². The molecule has 0 radical (unpaired) electrons. The van der Waals surface area contributed by atoms with Crippen molar-refractivity contribution in [3.05, 3.63) is 60.1 Å². The van der Waals surface area contributed by atoms with Crippen molar-refractivity contribution in [1.82, 2.24) is 49.9 Å². The standard InChI is InChI=1S/C42H56FN11O5/c1-26-19-30(55)24-53(26)41(59)37(42(2,3)4)50-36(57)8-6-5-7-35(56)44-13-14-51-15-17-52(18-16-51)40(58)28-11-12-32(31(43)20-28)48-38-39-45-23-34(29-21-46-47-22-29)54(39)25-33(49-38)27-9-10-27/h11-12,20-23,25-27,30,37,55H,5-10,13-19,24H2,1-4H3,(H,44,56)(H,46,47)(H,48,49)(H,50,57)/t26-,30-,37-/m1/s1. The topological polar surface area (TPSA) is 193 Å². The van der Waals surface area contributed by atoms with E-state index in [1.165, 1.54) is 6.07 Å². The van der Waals surface area contributed by atoms with Crippen LogP contribution in [0.2, 0.25) is 0 Å². The maximum absolute atomic E-state index is 15.6. The Morgan fingerprint density at radius 3 is 2.42 bits per heavy atom. The van der Waals surface area contributed by atoms with Gasteiger partial charge in [-0.3, -0.25) is 33.6 Å².